The summed E-state index contributed by atoms with van der Waals surface area (Å²) in [6.45, 7) is 0.703. The molecule has 3 rings (SSSR count). The smallest absolute Gasteiger partial charge is 0.285 e. The molecule has 1 aliphatic rings. The van der Waals surface area contributed by atoms with Gasteiger partial charge in [-0.2, -0.15) is 4.98 Å². The lowest BCUT2D eigenvalue weighted by molar-refractivity contribution is -0.900. The second-order valence-corrected chi connectivity index (χ2v) is 6.17. The van der Waals surface area contributed by atoms with E-state index in [2.05, 4.69) is 20.4 Å². The maximum absolute atomic E-state index is 11.8. The van der Waals surface area contributed by atoms with Crippen LogP contribution in [0.2, 0.25) is 0 Å². The number of aromatic nitrogens is 3. The summed E-state index contributed by atoms with van der Waals surface area (Å²) in [6.07, 6.45) is 3.63. The fourth-order valence-electron chi connectivity index (χ4n) is 3.03. The first-order valence-electron chi connectivity index (χ1n) is 8.08. The molecule has 0 aromatic carbocycles. The van der Waals surface area contributed by atoms with Gasteiger partial charge in [-0.3, -0.25) is 9.78 Å². The van der Waals surface area contributed by atoms with Gasteiger partial charge < -0.3 is 24.6 Å². The van der Waals surface area contributed by atoms with E-state index < -0.39 is 5.97 Å². The van der Waals surface area contributed by atoms with Crippen molar-refractivity contribution < 1.29 is 24.1 Å². The van der Waals surface area contributed by atoms with Gasteiger partial charge in [0.25, 0.3) is 5.89 Å². The molecule has 2 N–H and O–H groups in total. The monoisotopic (exact) mass is 345 g/mol. The number of pyridine rings is 1. The molecule has 9 nitrogen and oxygen atoms in total. The molecular weight excluding hydrogens is 326 g/mol. The van der Waals surface area contributed by atoms with Gasteiger partial charge in [0.1, 0.15) is 0 Å². The highest BCUT2D eigenvalue weighted by atomic mass is 16.5. The number of carbonyl (C=O) groups is 2. The highest BCUT2D eigenvalue weighted by molar-refractivity contribution is 5.80. The average molecular weight is 345 g/mol. The van der Waals surface area contributed by atoms with Crippen molar-refractivity contribution in [2.24, 2.45) is 0 Å². The van der Waals surface area contributed by atoms with Gasteiger partial charge in [0.05, 0.1) is 19.6 Å². The Morgan fingerprint density at radius 1 is 1.36 bits per heavy atom. The minimum absolute atomic E-state index is 0.0190. The van der Waals surface area contributed by atoms with E-state index in [9.17, 15) is 14.7 Å². The summed E-state index contributed by atoms with van der Waals surface area (Å²) < 4.78 is 5.40. The van der Waals surface area contributed by atoms with Gasteiger partial charge in [-0.15, -0.1) is 0 Å². The van der Waals surface area contributed by atoms with Gasteiger partial charge in [-0.05, 0) is 18.6 Å². The Morgan fingerprint density at radius 2 is 2.12 bits per heavy atom. The maximum atomic E-state index is 11.8. The number of quaternary nitrogens is 1. The highest BCUT2D eigenvalue weighted by Crippen LogP contribution is 2.21. The molecule has 0 radical (unpaired) electrons. The zero-order chi connectivity index (χ0) is 17.8. The molecule has 1 saturated heterocycles. The summed E-state index contributed by atoms with van der Waals surface area (Å²) in [4.78, 5) is 31.8. The van der Waals surface area contributed by atoms with Crippen LogP contribution in [0.15, 0.2) is 29.0 Å². The third-order valence-corrected chi connectivity index (χ3v) is 4.28. The highest BCUT2D eigenvalue weighted by Gasteiger charge is 2.39. The third-order valence-electron chi connectivity index (χ3n) is 4.28. The number of carbonyl (C=O) groups excluding carboxylic acids is 2. The van der Waals surface area contributed by atoms with Crippen LogP contribution in [0.3, 0.4) is 0 Å². The number of aliphatic carboxylic acids is 1. The van der Waals surface area contributed by atoms with Crippen LogP contribution in [0.4, 0.5) is 0 Å². The van der Waals surface area contributed by atoms with Crippen LogP contribution in [0.1, 0.15) is 31.2 Å². The quantitative estimate of drug-likeness (QED) is 0.627. The Bertz CT molecular complexity index is 748. The molecule has 25 heavy (non-hydrogen) atoms. The molecule has 1 amide bonds. The SMILES string of the molecule is C[NH+]1C[C@@H](NC(=O)CCC(=O)[O-])C[C@H]1c1nc(-c2ccncc2)no1. The third kappa shape index (κ3) is 4.18. The average Bonchev–Trinajstić information content (AvgIpc) is 3.20. The van der Waals surface area contributed by atoms with Gasteiger partial charge in [0, 0.05) is 36.8 Å². The number of likely N-dealkylation sites (tertiary alicyclic amines) is 1. The topological polar surface area (TPSA) is 125 Å². The van der Waals surface area contributed by atoms with Crippen LogP contribution in [0.25, 0.3) is 11.4 Å². The van der Waals surface area contributed by atoms with E-state index in [1.807, 2.05) is 7.05 Å². The van der Waals surface area contributed by atoms with Crippen molar-refractivity contribution in [2.75, 3.05) is 13.6 Å². The van der Waals surface area contributed by atoms with Crippen LogP contribution in [-0.4, -0.2) is 46.6 Å². The van der Waals surface area contributed by atoms with Crippen molar-refractivity contribution in [3.05, 3.63) is 30.4 Å². The van der Waals surface area contributed by atoms with Crippen molar-refractivity contribution in [1.29, 1.82) is 0 Å². The van der Waals surface area contributed by atoms with Crippen molar-refractivity contribution in [3.63, 3.8) is 0 Å². The van der Waals surface area contributed by atoms with E-state index in [-0.39, 0.29) is 30.8 Å². The van der Waals surface area contributed by atoms with Crippen LogP contribution in [-0.2, 0) is 9.59 Å². The van der Waals surface area contributed by atoms with Crippen molar-refractivity contribution in [1.82, 2.24) is 20.4 Å². The number of carboxylic acid groups (broad SMARTS) is 1. The zero-order valence-corrected chi connectivity index (χ0v) is 13.8. The second-order valence-electron chi connectivity index (χ2n) is 6.17. The first-order valence-corrected chi connectivity index (χ1v) is 8.08. The number of rotatable bonds is 6. The minimum atomic E-state index is -1.23. The molecule has 2 aromatic rings. The predicted octanol–water partition coefficient (Wildman–Crippen LogP) is -1.89. The Kier molecular flexibility index (Phi) is 5.03. The molecular formula is C16H19N5O4. The lowest BCUT2D eigenvalue weighted by Gasteiger charge is -2.11. The summed E-state index contributed by atoms with van der Waals surface area (Å²) in [6, 6.07) is 3.53. The largest absolute Gasteiger partial charge is 0.550 e. The van der Waals surface area contributed by atoms with Crippen LogP contribution in [0, 0.1) is 0 Å². The number of nitrogens with zero attached hydrogens (tertiary/aromatic N) is 3. The molecule has 0 bridgehead atoms. The Morgan fingerprint density at radius 3 is 2.84 bits per heavy atom. The van der Waals surface area contributed by atoms with Crippen molar-refractivity contribution in [3.8, 4) is 11.4 Å². The lowest BCUT2D eigenvalue weighted by atomic mass is 10.1. The Balaban J connectivity index is 1.61. The zero-order valence-electron chi connectivity index (χ0n) is 13.8. The van der Waals surface area contributed by atoms with E-state index in [1.165, 1.54) is 0 Å². The molecule has 132 valence electrons. The van der Waals surface area contributed by atoms with E-state index in [1.54, 1.807) is 24.5 Å². The summed E-state index contributed by atoms with van der Waals surface area (Å²) in [7, 11) is 1.99. The fourth-order valence-corrected chi connectivity index (χ4v) is 3.03. The van der Waals surface area contributed by atoms with Gasteiger partial charge in [-0.1, -0.05) is 5.16 Å². The molecule has 2 aromatic heterocycles. The Hall–Kier alpha value is -2.81. The lowest BCUT2D eigenvalue weighted by Crippen LogP contribution is -3.07. The van der Waals surface area contributed by atoms with E-state index in [0.717, 1.165) is 10.5 Å². The van der Waals surface area contributed by atoms with Crippen LogP contribution >= 0.6 is 0 Å². The number of likely N-dealkylation sites (N-methyl/N-ethyl adjacent to an activating group) is 1. The fraction of sp³-hybridized carbons (Fsp3) is 0.438. The molecule has 1 aliphatic heterocycles. The number of nitrogens with one attached hydrogen (secondary N) is 2. The van der Waals surface area contributed by atoms with Gasteiger partial charge >= 0.3 is 0 Å². The first-order chi connectivity index (χ1) is 12.0. The first kappa shape index (κ1) is 17.0. The van der Waals surface area contributed by atoms with E-state index >= 15 is 0 Å². The van der Waals surface area contributed by atoms with Gasteiger partial charge in [-0.25, -0.2) is 0 Å². The van der Waals surface area contributed by atoms with Crippen LogP contribution < -0.4 is 15.3 Å². The Labute approximate surface area is 144 Å². The van der Waals surface area contributed by atoms with Crippen molar-refractivity contribution >= 4 is 11.9 Å². The summed E-state index contributed by atoms with van der Waals surface area (Å²) in [5, 5.41) is 17.3. The van der Waals surface area contributed by atoms with Crippen molar-refractivity contribution in [2.45, 2.75) is 31.3 Å². The second kappa shape index (κ2) is 7.39. The number of amides is 1. The molecule has 1 unspecified atom stereocenters. The van der Waals surface area contributed by atoms with Gasteiger partial charge in [0.15, 0.2) is 6.04 Å². The molecule has 0 saturated carbocycles. The number of hydrogen-bond donors (Lipinski definition) is 2. The summed E-state index contributed by atoms with van der Waals surface area (Å²) in [5.74, 6) is -0.482. The number of carboxylic acids is 1. The molecule has 3 atom stereocenters. The standard InChI is InChI=1S/C16H19N5O4/c1-21-9-11(18-13(22)2-3-14(23)24)8-12(21)16-19-15(20-25-16)10-4-6-17-7-5-10/h4-7,11-12H,2-3,8-9H2,1H3,(H,18,22)(H,23,24)/t11-,12-/m0/s1. The normalized spacial score (nSPS) is 22.7. The molecule has 0 aliphatic carbocycles. The predicted molar refractivity (Wildman–Crippen MR) is 82.8 cm³/mol. The molecule has 9 heteroatoms. The molecule has 1 fully saturated rings. The molecule has 0 spiro atoms. The number of hydrogen-bond acceptors (Lipinski definition) is 7. The molecule has 3 heterocycles. The minimum Gasteiger partial charge on any atom is -0.550 e. The van der Waals surface area contributed by atoms with E-state index in [4.69, 9.17) is 4.52 Å². The van der Waals surface area contributed by atoms with Crippen LogP contribution in [0.5, 0.6) is 0 Å². The maximum Gasteiger partial charge on any atom is 0.285 e. The van der Waals surface area contributed by atoms with E-state index in [0.29, 0.717) is 24.7 Å². The summed E-state index contributed by atoms with van der Waals surface area (Å²) >= 11 is 0. The van der Waals surface area contributed by atoms with Gasteiger partial charge in [0.2, 0.25) is 11.7 Å². The summed E-state index contributed by atoms with van der Waals surface area (Å²) in [5.41, 5.74) is 0.827.